The lowest BCUT2D eigenvalue weighted by molar-refractivity contribution is -0.385. The second-order valence-corrected chi connectivity index (χ2v) is 5.39. The van der Waals surface area contributed by atoms with Crippen LogP contribution in [0.1, 0.15) is 30.5 Å². The van der Waals surface area contributed by atoms with Crippen LogP contribution in [0.2, 0.25) is 0 Å². The predicted molar refractivity (Wildman–Crippen MR) is 96.3 cm³/mol. The molecule has 0 aromatic heterocycles. The molecular weight excluding hydrogens is 320 g/mol. The Morgan fingerprint density at radius 2 is 1.92 bits per heavy atom. The van der Waals surface area contributed by atoms with Crippen molar-refractivity contribution in [1.82, 2.24) is 5.32 Å². The lowest BCUT2D eigenvalue weighted by atomic mass is 10.0. The zero-order valence-electron chi connectivity index (χ0n) is 14.1. The minimum atomic E-state index is -0.468. The topological polar surface area (TPSA) is 81.5 Å². The average molecular weight is 340 g/mol. The number of amides is 1. The van der Waals surface area contributed by atoms with E-state index in [4.69, 9.17) is 4.74 Å². The molecule has 0 bridgehead atoms. The first-order valence-electron chi connectivity index (χ1n) is 7.91. The SMILES string of the molecule is CCC(NC(=O)/C=C/c1ccccc1[N+](=O)[O-])c1ccc(OC)cc1. The third kappa shape index (κ3) is 4.91. The van der Waals surface area contributed by atoms with Crippen LogP contribution in [0.15, 0.2) is 54.6 Å². The van der Waals surface area contributed by atoms with Crippen LogP contribution in [0, 0.1) is 10.1 Å². The minimum absolute atomic E-state index is 0.0336. The summed E-state index contributed by atoms with van der Waals surface area (Å²) in [5.74, 6) is 0.446. The highest BCUT2D eigenvalue weighted by Crippen LogP contribution is 2.21. The molecule has 1 unspecified atom stereocenters. The lowest BCUT2D eigenvalue weighted by Gasteiger charge is -2.16. The fraction of sp³-hybridized carbons (Fsp3) is 0.211. The highest BCUT2D eigenvalue weighted by atomic mass is 16.6. The Morgan fingerprint density at radius 1 is 1.24 bits per heavy atom. The fourth-order valence-electron chi connectivity index (χ4n) is 2.44. The molecule has 0 heterocycles. The summed E-state index contributed by atoms with van der Waals surface area (Å²) in [6, 6.07) is 13.6. The summed E-state index contributed by atoms with van der Waals surface area (Å²) in [6.07, 6.45) is 3.49. The van der Waals surface area contributed by atoms with Crippen LogP contribution < -0.4 is 10.1 Å². The second kappa shape index (κ2) is 8.63. The first-order valence-corrected chi connectivity index (χ1v) is 7.91. The molecule has 1 amide bonds. The van der Waals surface area contributed by atoms with Crippen molar-refractivity contribution in [2.24, 2.45) is 0 Å². The number of ether oxygens (including phenoxy) is 1. The van der Waals surface area contributed by atoms with Crippen molar-refractivity contribution in [3.63, 3.8) is 0 Å². The maximum Gasteiger partial charge on any atom is 0.276 e. The number of benzene rings is 2. The standard InChI is InChI=1S/C19H20N2O4/c1-3-17(14-8-11-16(25-2)12-9-14)20-19(22)13-10-15-6-4-5-7-18(15)21(23)24/h4-13,17H,3H2,1-2H3,(H,20,22)/b13-10+. The summed E-state index contributed by atoms with van der Waals surface area (Å²) in [7, 11) is 1.60. The van der Waals surface area contributed by atoms with Gasteiger partial charge in [0.05, 0.1) is 23.6 Å². The van der Waals surface area contributed by atoms with Gasteiger partial charge < -0.3 is 10.1 Å². The van der Waals surface area contributed by atoms with Gasteiger partial charge in [-0.1, -0.05) is 31.2 Å². The van der Waals surface area contributed by atoms with Gasteiger partial charge in [0.25, 0.3) is 5.69 Å². The number of methoxy groups -OCH3 is 1. The van der Waals surface area contributed by atoms with Crippen LogP contribution in [0.3, 0.4) is 0 Å². The van der Waals surface area contributed by atoms with Gasteiger partial charge in [0, 0.05) is 12.1 Å². The first kappa shape index (κ1) is 18.2. The van der Waals surface area contributed by atoms with Gasteiger partial charge in [0.1, 0.15) is 5.75 Å². The number of hydrogen-bond donors (Lipinski definition) is 1. The number of para-hydroxylation sites is 1. The Balaban J connectivity index is 2.08. The number of rotatable bonds is 7. The molecule has 130 valence electrons. The molecule has 1 N–H and O–H groups in total. The Hall–Kier alpha value is -3.15. The monoisotopic (exact) mass is 340 g/mol. The van der Waals surface area contributed by atoms with Gasteiger partial charge in [-0.2, -0.15) is 0 Å². The zero-order chi connectivity index (χ0) is 18.2. The average Bonchev–Trinajstić information content (AvgIpc) is 2.64. The van der Waals surface area contributed by atoms with Gasteiger partial charge >= 0.3 is 0 Å². The van der Waals surface area contributed by atoms with Crippen LogP contribution >= 0.6 is 0 Å². The molecule has 0 aliphatic heterocycles. The lowest BCUT2D eigenvalue weighted by Crippen LogP contribution is -2.26. The molecule has 6 heteroatoms. The van der Waals surface area contributed by atoms with Gasteiger partial charge in [-0.25, -0.2) is 0 Å². The third-order valence-corrected chi connectivity index (χ3v) is 3.79. The van der Waals surface area contributed by atoms with E-state index in [1.807, 2.05) is 31.2 Å². The maximum atomic E-state index is 12.2. The highest BCUT2D eigenvalue weighted by Gasteiger charge is 2.13. The van der Waals surface area contributed by atoms with E-state index in [9.17, 15) is 14.9 Å². The summed E-state index contributed by atoms with van der Waals surface area (Å²) < 4.78 is 5.13. The molecule has 0 fully saturated rings. The molecule has 0 aliphatic rings. The number of hydrogen-bond acceptors (Lipinski definition) is 4. The molecule has 0 saturated heterocycles. The van der Waals surface area contributed by atoms with E-state index in [1.54, 1.807) is 25.3 Å². The first-order chi connectivity index (χ1) is 12.0. The number of nitro benzene ring substituents is 1. The van der Waals surface area contributed by atoms with Crippen molar-refractivity contribution in [3.05, 3.63) is 75.8 Å². The van der Waals surface area contributed by atoms with E-state index >= 15 is 0 Å². The highest BCUT2D eigenvalue weighted by molar-refractivity contribution is 5.92. The molecule has 2 aromatic carbocycles. The molecule has 1 atom stereocenters. The molecule has 2 aromatic rings. The molecule has 6 nitrogen and oxygen atoms in total. The van der Waals surface area contributed by atoms with E-state index in [0.29, 0.717) is 5.56 Å². The van der Waals surface area contributed by atoms with E-state index < -0.39 is 4.92 Å². The number of nitro groups is 1. The van der Waals surface area contributed by atoms with E-state index in [0.717, 1.165) is 17.7 Å². The van der Waals surface area contributed by atoms with Crippen LogP contribution in [-0.4, -0.2) is 17.9 Å². The van der Waals surface area contributed by atoms with Crippen LogP contribution in [-0.2, 0) is 4.79 Å². The van der Waals surface area contributed by atoms with Gasteiger partial charge in [0.2, 0.25) is 5.91 Å². The van der Waals surface area contributed by atoms with Gasteiger partial charge in [-0.15, -0.1) is 0 Å². The largest absolute Gasteiger partial charge is 0.497 e. The predicted octanol–water partition coefficient (Wildman–Crippen LogP) is 3.88. The summed E-state index contributed by atoms with van der Waals surface area (Å²) in [5, 5.41) is 13.9. The Bertz CT molecular complexity index is 769. The van der Waals surface area contributed by atoms with Gasteiger partial charge in [-0.3, -0.25) is 14.9 Å². The summed E-state index contributed by atoms with van der Waals surface area (Å²) in [6.45, 7) is 1.97. The normalized spacial score (nSPS) is 11.9. The van der Waals surface area contributed by atoms with Crippen LogP contribution in [0.5, 0.6) is 5.75 Å². The van der Waals surface area contributed by atoms with Crippen molar-refractivity contribution in [2.75, 3.05) is 7.11 Å². The number of carbonyl (C=O) groups is 1. The molecule has 25 heavy (non-hydrogen) atoms. The minimum Gasteiger partial charge on any atom is -0.497 e. The molecule has 2 rings (SSSR count). The molecule has 0 saturated carbocycles. The van der Waals surface area contributed by atoms with Crippen molar-refractivity contribution in [1.29, 1.82) is 0 Å². The number of nitrogens with one attached hydrogen (secondary N) is 1. The summed E-state index contributed by atoms with van der Waals surface area (Å²) in [4.78, 5) is 22.7. The molecule has 0 aliphatic carbocycles. The van der Waals surface area contributed by atoms with E-state index in [-0.39, 0.29) is 17.6 Å². The molecule has 0 radical (unpaired) electrons. The van der Waals surface area contributed by atoms with Gasteiger partial charge in [0.15, 0.2) is 0 Å². The Kier molecular flexibility index (Phi) is 6.28. The summed E-state index contributed by atoms with van der Waals surface area (Å²) >= 11 is 0. The quantitative estimate of drug-likeness (QED) is 0.471. The number of carbonyl (C=O) groups excluding carboxylic acids is 1. The number of nitrogens with zero attached hydrogens (tertiary/aromatic N) is 1. The third-order valence-electron chi connectivity index (χ3n) is 3.79. The fourth-order valence-corrected chi connectivity index (χ4v) is 2.44. The van der Waals surface area contributed by atoms with E-state index in [2.05, 4.69) is 5.32 Å². The van der Waals surface area contributed by atoms with Crippen molar-refractivity contribution in [3.8, 4) is 5.75 Å². The Labute approximate surface area is 146 Å². The van der Waals surface area contributed by atoms with Crippen LogP contribution in [0.4, 0.5) is 5.69 Å². The zero-order valence-corrected chi connectivity index (χ0v) is 14.1. The van der Waals surface area contributed by atoms with Crippen molar-refractivity contribution < 1.29 is 14.5 Å². The van der Waals surface area contributed by atoms with E-state index in [1.165, 1.54) is 18.2 Å². The second-order valence-electron chi connectivity index (χ2n) is 5.39. The van der Waals surface area contributed by atoms with Gasteiger partial charge in [-0.05, 0) is 36.3 Å². The Morgan fingerprint density at radius 3 is 2.52 bits per heavy atom. The van der Waals surface area contributed by atoms with Crippen molar-refractivity contribution >= 4 is 17.7 Å². The van der Waals surface area contributed by atoms with Crippen LogP contribution in [0.25, 0.3) is 6.08 Å². The molecular formula is C19H20N2O4. The molecule has 0 spiro atoms. The smallest absolute Gasteiger partial charge is 0.276 e. The summed E-state index contributed by atoms with van der Waals surface area (Å²) in [5.41, 5.74) is 1.32. The maximum absolute atomic E-state index is 12.2. The van der Waals surface area contributed by atoms with Crippen molar-refractivity contribution in [2.45, 2.75) is 19.4 Å².